The first-order valence-corrected chi connectivity index (χ1v) is 12.7. The molecule has 4 bridgehead atoms. The summed E-state index contributed by atoms with van der Waals surface area (Å²) in [6, 6.07) is 8.90. The number of fused-ring (bicyclic) bond motifs is 7. The van der Waals surface area contributed by atoms with Gasteiger partial charge in [0.2, 0.25) is 15.9 Å². The Labute approximate surface area is 191 Å². The van der Waals surface area contributed by atoms with Crippen LogP contribution >= 0.6 is 0 Å². The van der Waals surface area contributed by atoms with Crippen LogP contribution in [0.25, 0.3) is 11.1 Å². The Balaban J connectivity index is 1.66. The predicted molar refractivity (Wildman–Crippen MR) is 118 cm³/mol. The van der Waals surface area contributed by atoms with Crippen LogP contribution in [0.1, 0.15) is 36.9 Å². The second-order valence-corrected chi connectivity index (χ2v) is 10.9. The first kappa shape index (κ1) is 22.0. The van der Waals surface area contributed by atoms with E-state index in [2.05, 4.69) is 9.71 Å². The lowest BCUT2D eigenvalue weighted by Gasteiger charge is -2.31. The number of nitrogens with zero attached hydrogens (tertiary/aromatic N) is 1. The molecule has 6 nitrogen and oxygen atoms in total. The van der Waals surface area contributed by atoms with Crippen molar-refractivity contribution < 1.29 is 26.4 Å². The molecular formula is C24H24F2N2O4S. The van der Waals surface area contributed by atoms with E-state index < -0.39 is 27.1 Å². The van der Waals surface area contributed by atoms with Crippen molar-refractivity contribution in [2.45, 2.75) is 44.2 Å². The van der Waals surface area contributed by atoms with Crippen LogP contribution in [-0.2, 0) is 28.5 Å². The second-order valence-electron chi connectivity index (χ2n) is 9.12. The molecule has 0 radical (unpaired) electrons. The third-order valence-electron chi connectivity index (χ3n) is 6.72. The first-order valence-electron chi connectivity index (χ1n) is 10.8. The highest BCUT2D eigenvalue weighted by Gasteiger charge is 2.50. The van der Waals surface area contributed by atoms with Crippen LogP contribution in [0, 0.1) is 17.6 Å². The highest BCUT2D eigenvalue weighted by atomic mass is 32.2. The average molecular weight is 475 g/mol. The number of benzene rings is 2. The topological polar surface area (TPSA) is 81.4 Å². The Morgan fingerprint density at radius 3 is 2.76 bits per heavy atom. The molecule has 1 aliphatic carbocycles. The highest BCUT2D eigenvalue weighted by molar-refractivity contribution is 7.88. The Morgan fingerprint density at radius 2 is 1.97 bits per heavy atom. The summed E-state index contributed by atoms with van der Waals surface area (Å²) >= 11 is 0. The number of halogens is 2. The molecule has 174 valence electrons. The van der Waals surface area contributed by atoms with Crippen molar-refractivity contribution in [1.29, 1.82) is 0 Å². The van der Waals surface area contributed by atoms with Crippen LogP contribution < -0.4 is 9.46 Å². The number of hydrogen-bond acceptors (Lipinski definition) is 5. The molecule has 5 rings (SSSR count). The molecule has 0 saturated heterocycles. The lowest BCUT2D eigenvalue weighted by atomic mass is 9.73. The Hall–Kier alpha value is -2.78. The molecule has 1 fully saturated rings. The van der Waals surface area contributed by atoms with Crippen molar-refractivity contribution in [3.8, 4) is 16.9 Å². The molecule has 2 heterocycles. The fourth-order valence-electron chi connectivity index (χ4n) is 5.26. The molecule has 3 atom stereocenters. The summed E-state index contributed by atoms with van der Waals surface area (Å²) in [6.45, 7) is 2.00. The maximum absolute atomic E-state index is 14.9. The maximum Gasteiger partial charge on any atom is 0.208 e. The van der Waals surface area contributed by atoms with Crippen molar-refractivity contribution in [3.05, 3.63) is 71.4 Å². The summed E-state index contributed by atoms with van der Waals surface area (Å²) < 4.78 is 67.6. The van der Waals surface area contributed by atoms with Gasteiger partial charge < -0.3 is 9.15 Å². The quantitative estimate of drug-likeness (QED) is 0.598. The van der Waals surface area contributed by atoms with Gasteiger partial charge in [-0.05, 0) is 48.9 Å². The maximum atomic E-state index is 14.9. The van der Waals surface area contributed by atoms with Crippen LogP contribution in [0.5, 0.6) is 5.75 Å². The van der Waals surface area contributed by atoms with E-state index in [1.807, 2.05) is 6.92 Å². The number of para-hydroxylation sites is 1. The summed E-state index contributed by atoms with van der Waals surface area (Å²) in [5, 5.41) is 0. The largest absolute Gasteiger partial charge is 0.483 e. The van der Waals surface area contributed by atoms with Gasteiger partial charge in [-0.3, -0.25) is 0 Å². The van der Waals surface area contributed by atoms with Gasteiger partial charge in [-0.1, -0.05) is 25.1 Å². The molecular weight excluding hydrogens is 450 g/mol. The van der Waals surface area contributed by atoms with Gasteiger partial charge in [0.1, 0.15) is 24.4 Å². The van der Waals surface area contributed by atoms with Crippen molar-refractivity contribution in [3.63, 3.8) is 0 Å². The minimum absolute atomic E-state index is 0.0327. The molecule has 1 aliphatic heterocycles. The number of hydrogen-bond donors (Lipinski definition) is 1. The smallest absolute Gasteiger partial charge is 0.208 e. The van der Waals surface area contributed by atoms with E-state index in [4.69, 9.17) is 9.15 Å². The standard InChI is InChI=1S/C24H24F2N2O4S/c1-14-8-16(28-33(2,29)30)11-24(14)10-15-6-7-20(25)19(9-15)18-4-3-5-21(26)22(18)31-12-17-13-32-23(24)27-17/h3-7,9,13-14,16,28H,8,10-12H2,1-2H3/t14-,16-,24+/m1/s1. The number of oxazole rings is 1. The Kier molecular flexibility index (Phi) is 5.29. The van der Waals surface area contributed by atoms with Gasteiger partial charge in [0.25, 0.3) is 0 Å². The van der Waals surface area contributed by atoms with E-state index in [0.717, 1.165) is 11.8 Å². The number of rotatable bonds is 2. The zero-order valence-electron chi connectivity index (χ0n) is 18.3. The normalized spacial score (nSPS) is 24.6. The van der Waals surface area contributed by atoms with E-state index in [1.165, 1.54) is 24.5 Å². The van der Waals surface area contributed by atoms with Crippen molar-refractivity contribution in [2.24, 2.45) is 5.92 Å². The second kappa shape index (κ2) is 7.92. The molecule has 0 unspecified atom stereocenters. The molecule has 1 saturated carbocycles. The van der Waals surface area contributed by atoms with Crippen molar-refractivity contribution >= 4 is 10.0 Å². The minimum Gasteiger partial charge on any atom is -0.483 e. The van der Waals surface area contributed by atoms with Crippen LogP contribution in [0.4, 0.5) is 8.78 Å². The molecule has 33 heavy (non-hydrogen) atoms. The Morgan fingerprint density at radius 1 is 1.15 bits per heavy atom. The SMILES string of the molecule is C[C@@H]1C[C@@H](NS(C)(=O)=O)C[C@@]12Cc1ccc(F)c(c1)-c1cccc(F)c1OCc1coc2n1. The first-order chi connectivity index (χ1) is 15.6. The summed E-state index contributed by atoms with van der Waals surface area (Å²) in [7, 11) is -3.39. The minimum atomic E-state index is -3.39. The van der Waals surface area contributed by atoms with Gasteiger partial charge in [-0.2, -0.15) is 0 Å². The zero-order valence-corrected chi connectivity index (χ0v) is 19.1. The lowest BCUT2D eigenvalue weighted by Crippen LogP contribution is -2.36. The molecule has 9 heteroatoms. The van der Waals surface area contributed by atoms with E-state index in [9.17, 15) is 17.2 Å². The van der Waals surface area contributed by atoms with E-state index in [-0.39, 0.29) is 29.9 Å². The van der Waals surface area contributed by atoms with Gasteiger partial charge in [0, 0.05) is 17.2 Å². The zero-order chi connectivity index (χ0) is 23.4. The number of aromatic nitrogens is 1. The number of sulfonamides is 1. The van der Waals surface area contributed by atoms with Gasteiger partial charge >= 0.3 is 0 Å². The third kappa shape index (κ3) is 4.04. The molecule has 2 aliphatic rings. The van der Waals surface area contributed by atoms with Crippen LogP contribution in [-0.4, -0.2) is 25.7 Å². The van der Waals surface area contributed by atoms with Gasteiger partial charge in [0.05, 0.1) is 11.7 Å². The predicted octanol–water partition coefficient (Wildman–Crippen LogP) is 4.34. The van der Waals surface area contributed by atoms with E-state index >= 15 is 0 Å². The molecule has 1 N–H and O–H groups in total. The Bertz CT molecular complexity index is 1320. The number of nitrogens with one attached hydrogen (secondary N) is 1. The fraction of sp³-hybridized carbons (Fsp3) is 0.375. The number of ether oxygens (including phenoxy) is 1. The van der Waals surface area contributed by atoms with Crippen molar-refractivity contribution in [2.75, 3.05) is 6.26 Å². The molecule has 2 aromatic carbocycles. The van der Waals surface area contributed by atoms with E-state index in [0.29, 0.717) is 36.4 Å². The fourth-order valence-corrected chi connectivity index (χ4v) is 6.04. The molecule has 1 spiro atoms. The summed E-state index contributed by atoms with van der Waals surface area (Å²) in [4.78, 5) is 4.65. The van der Waals surface area contributed by atoms with Crippen LogP contribution in [0.2, 0.25) is 0 Å². The van der Waals surface area contributed by atoms with E-state index in [1.54, 1.807) is 18.2 Å². The molecule has 1 aromatic heterocycles. The monoisotopic (exact) mass is 474 g/mol. The summed E-state index contributed by atoms with van der Waals surface area (Å²) in [5.74, 6) is -0.599. The van der Waals surface area contributed by atoms with Gasteiger partial charge in [-0.15, -0.1) is 0 Å². The highest BCUT2D eigenvalue weighted by Crippen LogP contribution is 2.48. The van der Waals surface area contributed by atoms with Crippen LogP contribution in [0.3, 0.4) is 0 Å². The van der Waals surface area contributed by atoms with Crippen LogP contribution in [0.15, 0.2) is 47.1 Å². The summed E-state index contributed by atoms with van der Waals surface area (Å²) in [5.41, 5.74) is 1.27. The van der Waals surface area contributed by atoms with Gasteiger partial charge in [-0.25, -0.2) is 26.9 Å². The average Bonchev–Trinajstić information content (AvgIpc) is 3.32. The molecule has 3 aromatic rings. The third-order valence-corrected chi connectivity index (χ3v) is 7.48. The molecule has 0 amide bonds. The van der Waals surface area contributed by atoms with Crippen molar-refractivity contribution in [1.82, 2.24) is 9.71 Å². The van der Waals surface area contributed by atoms with Gasteiger partial charge in [0.15, 0.2) is 11.6 Å². The lowest BCUT2D eigenvalue weighted by molar-refractivity contribution is 0.257. The summed E-state index contributed by atoms with van der Waals surface area (Å²) in [6.07, 6.45) is 4.20.